The standard InChI is InChI=1S/C15H17N3O6/c19-8-11-5-10(6-12(7-11)9-20)1-3-24-4-2-18-14(22)16-13(21)17-15(18)23/h5-8,20H,1-4,9H2,(H2,16,17,21,22,23). The van der Waals surface area contributed by atoms with Crippen molar-refractivity contribution in [3.63, 3.8) is 0 Å². The van der Waals surface area contributed by atoms with E-state index in [0.29, 0.717) is 30.4 Å². The van der Waals surface area contributed by atoms with Crippen molar-refractivity contribution >= 4 is 6.29 Å². The third kappa shape index (κ3) is 4.61. The van der Waals surface area contributed by atoms with E-state index in [-0.39, 0.29) is 19.8 Å². The Hall–Kier alpha value is -2.78. The molecule has 1 aromatic heterocycles. The van der Waals surface area contributed by atoms with E-state index in [0.717, 1.165) is 10.1 Å². The van der Waals surface area contributed by atoms with E-state index in [1.807, 2.05) is 9.97 Å². The van der Waals surface area contributed by atoms with Gasteiger partial charge in [-0.25, -0.2) is 19.0 Å². The van der Waals surface area contributed by atoms with Gasteiger partial charge in [0.1, 0.15) is 6.29 Å². The van der Waals surface area contributed by atoms with Crippen molar-refractivity contribution in [3.05, 3.63) is 66.3 Å². The predicted octanol–water partition coefficient (Wildman–Crippen LogP) is -1.21. The number of aliphatic hydroxyl groups excluding tert-OH is 1. The van der Waals surface area contributed by atoms with Gasteiger partial charge < -0.3 is 9.84 Å². The van der Waals surface area contributed by atoms with Crippen molar-refractivity contribution < 1.29 is 14.6 Å². The van der Waals surface area contributed by atoms with E-state index in [4.69, 9.17) is 9.84 Å². The summed E-state index contributed by atoms with van der Waals surface area (Å²) in [5, 5.41) is 9.15. The minimum Gasteiger partial charge on any atom is -0.392 e. The highest BCUT2D eigenvalue weighted by molar-refractivity contribution is 5.75. The summed E-state index contributed by atoms with van der Waals surface area (Å²) in [6.07, 6.45) is 1.21. The molecule has 0 amide bonds. The van der Waals surface area contributed by atoms with Crippen molar-refractivity contribution in [2.45, 2.75) is 19.6 Å². The number of nitrogens with one attached hydrogen (secondary N) is 2. The lowest BCUT2D eigenvalue weighted by atomic mass is 10.0. The molecule has 0 aliphatic heterocycles. The summed E-state index contributed by atoms with van der Waals surface area (Å²) in [6, 6.07) is 5.08. The normalized spacial score (nSPS) is 10.7. The Bertz CT molecular complexity index is 846. The molecule has 3 N–H and O–H groups in total. The van der Waals surface area contributed by atoms with E-state index in [2.05, 4.69) is 0 Å². The van der Waals surface area contributed by atoms with Crippen LogP contribution in [0.4, 0.5) is 0 Å². The topological polar surface area (TPSA) is 134 Å². The predicted molar refractivity (Wildman–Crippen MR) is 84.2 cm³/mol. The lowest BCUT2D eigenvalue weighted by Crippen LogP contribution is -2.43. The number of hydrogen-bond donors (Lipinski definition) is 3. The molecule has 9 heteroatoms. The van der Waals surface area contributed by atoms with E-state index < -0.39 is 17.1 Å². The molecule has 0 aliphatic carbocycles. The van der Waals surface area contributed by atoms with Gasteiger partial charge >= 0.3 is 17.1 Å². The van der Waals surface area contributed by atoms with Crippen molar-refractivity contribution in [2.24, 2.45) is 0 Å². The Balaban J connectivity index is 1.88. The number of aldehydes is 1. The quantitative estimate of drug-likeness (QED) is 0.409. The molecule has 0 aliphatic rings. The molecule has 0 unspecified atom stereocenters. The van der Waals surface area contributed by atoms with Gasteiger partial charge in [-0.05, 0) is 29.7 Å². The lowest BCUT2D eigenvalue weighted by molar-refractivity contribution is 0.112. The third-order valence-corrected chi connectivity index (χ3v) is 3.32. The zero-order valence-electron chi connectivity index (χ0n) is 12.8. The summed E-state index contributed by atoms with van der Waals surface area (Å²) in [7, 11) is 0. The number of carbonyl (C=O) groups is 1. The Morgan fingerprint density at radius 2 is 1.71 bits per heavy atom. The molecule has 24 heavy (non-hydrogen) atoms. The van der Waals surface area contributed by atoms with Crippen LogP contribution in [-0.4, -0.2) is 39.1 Å². The Labute approximate surface area is 135 Å². The molecule has 0 atom stereocenters. The molecule has 0 spiro atoms. The first-order valence-electron chi connectivity index (χ1n) is 7.23. The van der Waals surface area contributed by atoms with Crippen LogP contribution in [0.25, 0.3) is 0 Å². The van der Waals surface area contributed by atoms with Gasteiger partial charge in [0.25, 0.3) is 0 Å². The summed E-state index contributed by atoms with van der Waals surface area (Å²) in [6.45, 7) is 0.257. The second-order valence-electron chi connectivity index (χ2n) is 5.06. The summed E-state index contributed by atoms with van der Waals surface area (Å²) in [5.74, 6) is 0. The Morgan fingerprint density at radius 3 is 2.33 bits per heavy atom. The average Bonchev–Trinajstić information content (AvgIpc) is 2.56. The molecular formula is C15H17N3O6. The smallest absolute Gasteiger partial charge is 0.333 e. The number of ether oxygens (including phenoxy) is 1. The molecule has 2 rings (SSSR count). The third-order valence-electron chi connectivity index (χ3n) is 3.32. The summed E-state index contributed by atoms with van der Waals surface area (Å²) >= 11 is 0. The fourth-order valence-electron chi connectivity index (χ4n) is 2.20. The highest BCUT2D eigenvalue weighted by Crippen LogP contribution is 2.10. The van der Waals surface area contributed by atoms with Crippen LogP contribution in [0.15, 0.2) is 32.6 Å². The van der Waals surface area contributed by atoms with Crippen LogP contribution in [0, 0.1) is 0 Å². The van der Waals surface area contributed by atoms with Crippen LogP contribution >= 0.6 is 0 Å². The van der Waals surface area contributed by atoms with E-state index in [1.54, 1.807) is 18.2 Å². The lowest BCUT2D eigenvalue weighted by Gasteiger charge is -2.07. The van der Waals surface area contributed by atoms with Gasteiger partial charge in [0.2, 0.25) is 0 Å². The number of aromatic nitrogens is 3. The summed E-state index contributed by atoms with van der Waals surface area (Å²) in [5.41, 5.74) is -0.485. The minimum atomic E-state index is -0.850. The molecule has 1 aromatic carbocycles. The molecule has 0 saturated heterocycles. The zero-order chi connectivity index (χ0) is 17.5. The van der Waals surface area contributed by atoms with Crippen LogP contribution in [-0.2, 0) is 24.3 Å². The molecule has 2 aromatic rings. The van der Waals surface area contributed by atoms with Crippen LogP contribution in [0.5, 0.6) is 0 Å². The van der Waals surface area contributed by atoms with E-state index >= 15 is 0 Å². The molecule has 128 valence electrons. The van der Waals surface area contributed by atoms with E-state index in [9.17, 15) is 19.2 Å². The molecule has 0 fully saturated rings. The van der Waals surface area contributed by atoms with Crippen molar-refractivity contribution in [3.8, 4) is 0 Å². The van der Waals surface area contributed by atoms with Gasteiger partial charge in [0.15, 0.2) is 0 Å². The Kier molecular flexibility index (Phi) is 5.99. The minimum absolute atomic E-state index is 0.00120. The largest absolute Gasteiger partial charge is 0.392 e. The average molecular weight is 335 g/mol. The number of aromatic amines is 2. The van der Waals surface area contributed by atoms with Crippen LogP contribution < -0.4 is 17.1 Å². The number of hydrogen-bond acceptors (Lipinski definition) is 6. The molecular weight excluding hydrogens is 318 g/mol. The summed E-state index contributed by atoms with van der Waals surface area (Å²) in [4.78, 5) is 48.6. The number of rotatable bonds is 8. The van der Waals surface area contributed by atoms with Gasteiger partial charge in [-0.3, -0.25) is 14.8 Å². The highest BCUT2D eigenvalue weighted by atomic mass is 16.5. The number of H-pyrrole nitrogens is 2. The van der Waals surface area contributed by atoms with E-state index in [1.165, 1.54) is 0 Å². The SMILES string of the molecule is O=Cc1cc(CO)cc(CCOCCn2c(=O)[nH]c(=O)[nH]c2=O)c1. The molecule has 0 bridgehead atoms. The maximum Gasteiger partial charge on any atom is 0.333 e. The number of carbonyl (C=O) groups excluding carboxylic acids is 1. The fraction of sp³-hybridized carbons (Fsp3) is 0.333. The number of nitrogens with zero attached hydrogens (tertiary/aromatic N) is 1. The first-order chi connectivity index (χ1) is 11.5. The van der Waals surface area contributed by atoms with Gasteiger partial charge in [-0.15, -0.1) is 0 Å². The molecule has 0 radical (unpaired) electrons. The van der Waals surface area contributed by atoms with Crippen LogP contribution in [0.3, 0.4) is 0 Å². The van der Waals surface area contributed by atoms with Gasteiger partial charge in [0, 0.05) is 5.56 Å². The van der Waals surface area contributed by atoms with Gasteiger partial charge in [-0.2, -0.15) is 0 Å². The molecule has 1 heterocycles. The monoisotopic (exact) mass is 335 g/mol. The van der Waals surface area contributed by atoms with Crippen LogP contribution in [0.1, 0.15) is 21.5 Å². The van der Waals surface area contributed by atoms with Crippen molar-refractivity contribution in [1.82, 2.24) is 14.5 Å². The van der Waals surface area contributed by atoms with Crippen molar-refractivity contribution in [1.29, 1.82) is 0 Å². The summed E-state index contributed by atoms with van der Waals surface area (Å²) < 4.78 is 6.21. The first kappa shape index (κ1) is 17.6. The second kappa shape index (κ2) is 8.18. The van der Waals surface area contributed by atoms with Gasteiger partial charge in [-0.1, -0.05) is 6.07 Å². The fourth-order valence-corrected chi connectivity index (χ4v) is 2.20. The molecule has 0 saturated carbocycles. The van der Waals surface area contributed by atoms with Gasteiger partial charge in [0.05, 0.1) is 26.4 Å². The Morgan fingerprint density at radius 1 is 1.04 bits per heavy atom. The number of aliphatic hydroxyl groups is 1. The zero-order valence-corrected chi connectivity index (χ0v) is 12.8. The molecule has 9 nitrogen and oxygen atoms in total. The van der Waals surface area contributed by atoms with Crippen molar-refractivity contribution in [2.75, 3.05) is 13.2 Å². The maximum absolute atomic E-state index is 11.5. The maximum atomic E-state index is 11.5. The number of benzene rings is 1. The van der Waals surface area contributed by atoms with Crippen LogP contribution in [0.2, 0.25) is 0 Å². The second-order valence-corrected chi connectivity index (χ2v) is 5.06. The highest BCUT2D eigenvalue weighted by Gasteiger charge is 2.03. The first-order valence-corrected chi connectivity index (χ1v) is 7.23.